The van der Waals surface area contributed by atoms with E-state index in [4.69, 9.17) is 28.9 Å². The number of nitrogens with one attached hydrogen (secondary N) is 3. The highest BCUT2D eigenvalue weighted by Crippen LogP contribution is 2.25. The monoisotopic (exact) mass is 383 g/mol. The molecule has 1 amide bonds. The van der Waals surface area contributed by atoms with Crippen molar-refractivity contribution in [2.75, 3.05) is 12.3 Å². The Hall–Kier alpha value is -1.76. The molecule has 136 valence electrons. The maximum absolute atomic E-state index is 12.5. The molecule has 0 saturated carbocycles. The van der Waals surface area contributed by atoms with Crippen LogP contribution in [0.2, 0.25) is 10.0 Å². The van der Waals surface area contributed by atoms with E-state index >= 15 is 0 Å². The van der Waals surface area contributed by atoms with E-state index < -0.39 is 0 Å². The number of hydrogen-bond donors (Lipinski definition) is 4. The molecule has 1 unspecified atom stereocenters. The number of halogens is 2. The van der Waals surface area contributed by atoms with Crippen LogP contribution in [0.15, 0.2) is 24.4 Å². The minimum atomic E-state index is -0.307. The number of rotatable bonds is 8. The van der Waals surface area contributed by atoms with E-state index in [-0.39, 0.29) is 17.9 Å². The van der Waals surface area contributed by atoms with E-state index in [0.717, 1.165) is 11.3 Å². The number of amides is 1. The van der Waals surface area contributed by atoms with Crippen LogP contribution in [-0.2, 0) is 17.8 Å². The molecular weight excluding hydrogens is 361 g/mol. The predicted octanol–water partition coefficient (Wildman–Crippen LogP) is 2.77. The second kappa shape index (κ2) is 9.08. The van der Waals surface area contributed by atoms with E-state index in [2.05, 4.69) is 20.6 Å². The highest BCUT2D eigenvalue weighted by molar-refractivity contribution is 6.42. The van der Waals surface area contributed by atoms with Gasteiger partial charge in [0.05, 0.1) is 22.3 Å². The lowest BCUT2D eigenvalue weighted by atomic mass is 10.0. The van der Waals surface area contributed by atoms with E-state index in [0.29, 0.717) is 35.5 Å². The average molecular weight is 384 g/mol. The number of H-pyrrole nitrogens is 1. The van der Waals surface area contributed by atoms with Crippen molar-refractivity contribution < 1.29 is 4.79 Å². The first kappa shape index (κ1) is 19.6. The summed E-state index contributed by atoms with van der Waals surface area (Å²) in [6, 6.07) is 5.06. The highest BCUT2D eigenvalue weighted by atomic mass is 35.5. The van der Waals surface area contributed by atoms with Crippen LogP contribution in [0.3, 0.4) is 0 Å². The van der Waals surface area contributed by atoms with Crippen LogP contribution in [0, 0.1) is 5.92 Å². The van der Waals surface area contributed by atoms with Crippen molar-refractivity contribution in [2.45, 2.75) is 32.9 Å². The Kier molecular flexibility index (Phi) is 7.11. The molecule has 0 spiro atoms. The lowest BCUT2D eigenvalue weighted by Crippen LogP contribution is -2.47. The van der Waals surface area contributed by atoms with Crippen LogP contribution < -0.4 is 16.4 Å². The van der Waals surface area contributed by atoms with Crippen molar-refractivity contribution in [3.8, 4) is 0 Å². The number of imidazole rings is 1. The number of carbonyl (C=O) groups is 1. The molecule has 8 heteroatoms. The van der Waals surface area contributed by atoms with Crippen molar-refractivity contribution in [1.29, 1.82) is 0 Å². The fourth-order valence-corrected chi connectivity index (χ4v) is 2.86. The summed E-state index contributed by atoms with van der Waals surface area (Å²) in [5, 5.41) is 7.14. The minimum Gasteiger partial charge on any atom is -0.369 e. The first-order valence-electron chi connectivity index (χ1n) is 8.11. The predicted molar refractivity (Wildman–Crippen MR) is 102 cm³/mol. The number of aromatic nitrogens is 2. The summed E-state index contributed by atoms with van der Waals surface area (Å²) in [7, 11) is 0. The van der Waals surface area contributed by atoms with Crippen LogP contribution in [0.1, 0.15) is 25.1 Å². The molecule has 1 aromatic carbocycles. The van der Waals surface area contributed by atoms with Gasteiger partial charge in [0.15, 0.2) is 5.95 Å². The molecule has 5 N–H and O–H groups in total. The van der Waals surface area contributed by atoms with Crippen molar-refractivity contribution in [2.24, 2.45) is 5.92 Å². The van der Waals surface area contributed by atoms with Crippen molar-refractivity contribution in [3.63, 3.8) is 0 Å². The Morgan fingerprint density at radius 1 is 1.36 bits per heavy atom. The summed E-state index contributed by atoms with van der Waals surface area (Å²) in [4.78, 5) is 19.4. The van der Waals surface area contributed by atoms with Gasteiger partial charge in [-0.2, -0.15) is 0 Å². The highest BCUT2D eigenvalue weighted by Gasteiger charge is 2.21. The normalized spacial score (nSPS) is 12.4. The van der Waals surface area contributed by atoms with Gasteiger partial charge in [-0.25, -0.2) is 4.98 Å². The Morgan fingerprint density at radius 3 is 2.76 bits per heavy atom. The van der Waals surface area contributed by atoms with Crippen molar-refractivity contribution >= 4 is 35.1 Å². The molecule has 0 aliphatic carbocycles. The van der Waals surface area contributed by atoms with Gasteiger partial charge in [0.2, 0.25) is 5.91 Å². The molecule has 0 aliphatic heterocycles. The van der Waals surface area contributed by atoms with Gasteiger partial charge in [-0.05, 0) is 17.5 Å². The Balaban J connectivity index is 1.87. The Morgan fingerprint density at radius 2 is 2.12 bits per heavy atom. The van der Waals surface area contributed by atoms with Gasteiger partial charge in [0.25, 0.3) is 0 Å². The third kappa shape index (κ3) is 5.63. The summed E-state index contributed by atoms with van der Waals surface area (Å²) >= 11 is 12.2. The molecule has 2 rings (SSSR count). The van der Waals surface area contributed by atoms with Crippen LogP contribution in [-0.4, -0.2) is 28.5 Å². The van der Waals surface area contributed by atoms with Crippen LogP contribution in [0.25, 0.3) is 0 Å². The largest absolute Gasteiger partial charge is 0.369 e. The molecule has 6 nitrogen and oxygen atoms in total. The topological polar surface area (TPSA) is 95.8 Å². The lowest BCUT2D eigenvalue weighted by molar-refractivity contribution is -0.124. The number of hydrogen-bond acceptors (Lipinski definition) is 4. The summed E-state index contributed by atoms with van der Waals surface area (Å²) in [5.41, 5.74) is 7.27. The molecule has 25 heavy (non-hydrogen) atoms. The quantitative estimate of drug-likeness (QED) is 0.563. The third-order valence-corrected chi connectivity index (χ3v) is 4.70. The fourth-order valence-electron chi connectivity index (χ4n) is 2.47. The smallest absolute Gasteiger partial charge is 0.237 e. The zero-order chi connectivity index (χ0) is 18.4. The number of nitrogens with zero attached hydrogens (tertiary/aromatic N) is 1. The van der Waals surface area contributed by atoms with Crippen LogP contribution in [0.5, 0.6) is 0 Å². The third-order valence-electron chi connectivity index (χ3n) is 3.84. The Labute approximate surface area is 157 Å². The lowest BCUT2D eigenvalue weighted by Gasteiger charge is -2.22. The van der Waals surface area contributed by atoms with Gasteiger partial charge in [0.1, 0.15) is 0 Å². The summed E-state index contributed by atoms with van der Waals surface area (Å²) in [6.07, 6.45) is 2.41. The molecule has 1 aromatic heterocycles. The van der Waals surface area contributed by atoms with Gasteiger partial charge in [-0.1, -0.05) is 49.2 Å². The molecule has 1 heterocycles. The second-order valence-electron chi connectivity index (χ2n) is 6.15. The maximum atomic E-state index is 12.5. The number of aromatic amines is 1. The molecule has 0 aliphatic rings. The number of nitrogens with two attached hydrogens (primary N) is 1. The van der Waals surface area contributed by atoms with Gasteiger partial charge in [-0.15, -0.1) is 0 Å². The zero-order valence-corrected chi connectivity index (χ0v) is 15.8. The van der Waals surface area contributed by atoms with E-state index in [9.17, 15) is 4.79 Å². The standard InChI is InChI=1S/C17H23Cl2N5O/c1-10(2)15(21-7-6-12-9-23-17(20)24-12)16(25)22-8-11-4-3-5-13(18)14(11)19/h3-5,9-10,15,21H,6-8H2,1-2H3,(H,22,25)(H3,20,23,24). The summed E-state index contributed by atoms with van der Waals surface area (Å²) in [5.74, 6) is 0.461. The number of nitrogen functional groups attached to an aromatic ring is 1. The molecule has 1 atom stereocenters. The molecule has 2 aromatic rings. The summed E-state index contributed by atoms with van der Waals surface area (Å²) < 4.78 is 0. The van der Waals surface area contributed by atoms with E-state index in [1.54, 1.807) is 12.3 Å². The second-order valence-corrected chi connectivity index (χ2v) is 6.94. The van der Waals surface area contributed by atoms with Crippen molar-refractivity contribution in [1.82, 2.24) is 20.6 Å². The maximum Gasteiger partial charge on any atom is 0.237 e. The molecule has 0 saturated heterocycles. The molecule has 0 fully saturated rings. The van der Waals surface area contributed by atoms with E-state index in [1.165, 1.54) is 0 Å². The zero-order valence-electron chi connectivity index (χ0n) is 14.3. The van der Waals surface area contributed by atoms with Gasteiger partial charge in [-0.3, -0.25) is 4.79 Å². The number of benzene rings is 1. The van der Waals surface area contributed by atoms with Crippen LogP contribution in [0.4, 0.5) is 5.95 Å². The average Bonchev–Trinajstić information content (AvgIpc) is 2.97. The first-order valence-corrected chi connectivity index (χ1v) is 8.87. The number of carbonyl (C=O) groups excluding carboxylic acids is 1. The van der Waals surface area contributed by atoms with Gasteiger partial charge in [0, 0.05) is 25.2 Å². The molecular formula is C17H23Cl2N5O. The number of anilines is 1. The summed E-state index contributed by atoms with van der Waals surface area (Å²) in [6.45, 7) is 4.96. The van der Waals surface area contributed by atoms with Gasteiger partial charge >= 0.3 is 0 Å². The van der Waals surface area contributed by atoms with Crippen molar-refractivity contribution in [3.05, 3.63) is 45.7 Å². The Bertz CT molecular complexity index is 717. The van der Waals surface area contributed by atoms with Gasteiger partial charge < -0.3 is 21.4 Å². The first-order chi connectivity index (χ1) is 11.9. The SMILES string of the molecule is CC(C)C(NCCc1cnc(N)[nH]1)C(=O)NCc1cccc(Cl)c1Cl. The molecule has 0 radical (unpaired) electrons. The molecule has 0 bridgehead atoms. The van der Waals surface area contributed by atoms with E-state index in [1.807, 2.05) is 26.0 Å². The minimum absolute atomic E-state index is 0.0739. The fraction of sp³-hybridized carbons (Fsp3) is 0.412. The van der Waals surface area contributed by atoms with Crippen LogP contribution >= 0.6 is 23.2 Å².